The number of hydrogen-bond acceptors (Lipinski definition) is 7. The normalized spacial score (nSPS) is 30.4. The number of Topliss-reactive ketones (excluding diaryl/α,β-unsaturated/α-hetero) is 1. The second kappa shape index (κ2) is 10.7. The lowest BCUT2D eigenvalue weighted by molar-refractivity contribution is -0.159. The van der Waals surface area contributed by atoms with E-state index in [-0.39, 0.29) is 30.8 Å². The topological polar surface area (TPSA) is 107 Å². The summed E-state index contributed by atoms with van der Waals surface area (Å²) in [6.45, 7) is 4.80. The molecule has 0 aromatic carbocycles. The summed E-state index contributed by atoms with van der Waals surface area (Å²) in [5.74, 6) is -2.77. The van der Waals surface area contributed by atoms with Gasteiger partial charge >= 0.3 is 11.9 Å². The van der Waals surface area contributed by atoms with Crippen molar-refractivity contribution in [2.45, 2.75) is 64.8 Å². The van der Waals surface area contributed by atoms with Crippen LogP contribution in [0.5, 0.6) is 0 Å². The van der Waals surface area contributed by atoms with Crippen LogP contribution in [-0.2, 0) is 28.7 Å². The standard InChI is InChI=1S/C19H26O7/c1-4-5-15(20)10-14-11-16(21)7-6-12(2)25-18(23)9-8-17(22)13(3)26-19(14)24/h4-5,8-9,12-14,17,22H,6-7,10-11H2,1-3H3/b5-4+,9-8+/t12-,13-,14-,17+/m0/s1. The van der Waals surface area contributed by atoms with Crippen molar-refractivity contribution >= 4 is 23.5 Å². The van der Waals surface area contributed by atoms with Gasteiger partial charge in [0.1, 0.15) is 18.0 Å². The van der Waals surface area contributed by atoms with E-state index >= 15 is 0 Å². The van der Waals surface area contributed by atoms with E-state index in [2.05, 4.69) is 0 Å². The van der Waals surface area contributed by atoms with E-state index in [1.807, 2.05) is 0 Å². The zero-order valence-electron chi connectivity index (χ0n) is 15.3. The maximum atomic E-state index is 12.4. The Morgan fingerprint density at radius 2 is 1.96 bits per heavy atom. The molecule has 1 aliphatic rings. The second-order valence-corrected chi connectivity index (χ2v) is 6.39. The average Bonchev–Trinajstić information content (AvgIpc) is 2.56. The Kier molecular flexibility index (Phi) is 8.92. The number of ketones is 2. The van der Waals surface area contributed by atoms with Crippen molar-refractivity contribution in [2.24, 2.45) is 5.92 Å². The third-order valence-corrected chi connectivity index (χ3v) is 3.97. The fourth-order valence-corrected chi connectivity index (χ4v) is 2.46. The molecule has 0 aromatic rings. The summed E-state index contributed by atoms with van der Waals surface area (Å²) in [7, 11) is 0. The predicted octanol–water partition coefficient (Wildman–Crippen LogP) is 1.67. The summed E-state index contributed by atoms with van der Waals surface area (Å²) in [6, 6.07) is 0. The quantitative estimate of drug-likeness (QED) is 0.598. The van der Waals surface area contributed by atoms with Gasteiger partial charge in [0.2, 0.25) is 0 Å². The van der Waals surface area contributed by atoms with Gasteiger partial charge in [-0.05, 0) is 39.3 Å². The van der Waals surface area contributed by atoms with Gasteiger partial charge in [-0.15, -0.1) is 0 Å². The van der Waals surface area contributed by atoms with Crippen molar-refractivity contribution in [3.8, 4) is 0 Å². The maximum Gasteiger partial charge on any atom is 0.330 e. The molecule has 1 rings (SSSR count). The molecule has 7 nitrogen and oxygen atoms in total. The van der Waals surface area contributed by atoms with Crippen LogP contribution in [0.3, 0.4) is 0 Å². The van der Waals surface area contributed by atoms with Gasteiger partial charge in [-0.3, -0.25) is 14.4 Å². The zero-order chi connectivity index (χ0) is 19.7. The van der Waals surface area contributed by atoms with Gasteiger partial charge < -0.3 is 14.6 Å². The van der Waals surface area contributed by atoms with Crippen LogP contribution in [0.25, 0.3) is 0 Å². The smallest absolute Gasteiger partial charge is 0.330 e. The fourth-order valence-electron chi connectivity index (χ4n) is 2.46. The first-order chi connectivity index (χ1) is 12.2. The molecule has 0 saturated heterocycles. The Balaban J connectivity index is 2.98. The molecule has 0 bridgehead atoms. The number of cyclic esters (lactones) is 2. The number of allylic oxidation sites excluding steroid dienone is 2. The van der Waals surface area contributed by atoms with Gasteiger partial charge in [0.05, 0.1) is 12.0 Å². The number of ether oxygens (including phenoxy) is 2. The molecule has 1 N–H and O–H groups in total. The number of carbonyl (C=O) groups is 4. The minimum absolute atomic E-state index is 0.123. The van der Waals surface area contributed by atoms with E-state index in [1.54, 1.807) is 19.9 Å². The maximum absolute atomic E-state index is 12.4. The Hall–Kier alpha value is -2.28. The Labute approximate surface area is 153 Å². The molecule has 0 fully saturated rings. The van der Waals surface area contributed by atoms with Crippen LogP contribution in [-0.4, -0.2) is 46.9 Å². The van der Waals surface area contributed by atoms with E-state index < -0.39 is 36.2 Å². The number of hydrogen-bond donors (Lipinski definition) is 1. The Morgan fingerprint density at radius 1 is 1.27 bits per heavy atom. The summed E-state index contributed by atoms with van der Waals surface area (Å²) >= 11 is 0. The third-order valence-electron chi connectivity index (χ3n) is 3.97. The number of carbonyl (C=O) groups excluding carboxylic acids is 4. The average molecular weight is 366 g/mol. The second-order valence-electron chi connectivity index (χ2n) is 6.39. The van der Waals surface area contributed by atoms with Gasteiger partial charge in [0.25, 0.3) is 0 Å². The first kappa shape index (κ1) is 21.8. The number of rotatable bonds is 3. The highest BCUT2D eigenvalue weighted by molar-refractivity contribution is 5.94. The number of aliphatic hydroxyl groups excluding tert-OH is 1. The highest BCUT2D eigenvalue weighted by Gasteiger charge is 2.28. The first-order valence-corrected chi connectivity index (χ1v) is 8.67. The highest BCUT2D eigenvalue weighted by atomic mass is 16.6. The van der Waals surface area contributed by atoms with Crippen molar-refractivity contribution in [1.82, 2.24) is 0 Å². The summed E-state index contributed by atoms with van der Waals surface area (Å²) in [5, 5.41) is 9.98. The van der Waals surface area contributed by atoms with Crippen LogP contribution in [0, 0.1) is 5.92 Å². The first-order valence-electron chi connectivity index (χ1n) is 8.67. The van der Waals surface area contributed by atoms with Crippen molar-refractivity contribution < 1.29 is 33.8 Å². The molecule has 0 saturated carbocycles. The van der Waals surface area contributed by atoms with Crippen LogP contribution in [0.15, 0.2) is 24.3 Å². The molecule has 0 aliphatic carbocycles. The van der Waals surface area contributed by atoms with E-state index in [4.69, 9.17) is 9.47 Å². The lowest BCUT2D eigenvalue weighted by atomic mass is 9.94. The summed E-state index contributed by atoms with van der Waals surface area (Å²) in [6.07, 6.45) is 2.66. The van der Waals surface area contributed by atoms with Gasteiger partial charge in [-0.25, -0.2) is 4.79 Å². The van der Waals surface area contributed by atoms with Crippen molar-refractivity contribution in [1.29, 1.82) is 0 Å². The minimum atomic E-state index is -1.22. The molecule has 1 heterocycles. The number of aliphatic hydroxyl groups is 1. The molecule has 0 radical (unpaired) electrons. The lowest BCUT2D eigenvalue weighted by Crippen LogP contribution is -2.32. The SMILES string of the molecule is C/C=C/C(=O)C[C@H]1CC(=O)CC[C@H](C)OC(=O)/C=C/[C@@H](O)[C@H](C)OC1=O. The molecule has 0 unspecified atom stereocenters. The van der Waals surface area contributed by atoms with Crippen molar-refractivity contribution in [2.75, 3.05) is 0 Å². The van der Waals surface area contributed by atoms with Crippen LogP contribution < -0.4 is 0 Å². The van der Waals surface area contributed by atoms with E-state index in [1.165, 1.54) is 19.1 Å². The van der Waals surface area contributed by atoms with Crippen LogP contribution in [0.4, 0.5) is 0 Å². The third kappa shape index (κ3) is 7.74. The molecule has 26 heavy (non-hydrogen) atoms. The van der Waals surface area contributed by atoms with Gasteiger partial charge in [0.15, 0.2) is 5.78 Å². The van der Waals surface area contributed by atoms with Gasteiger partial charge in [0, 0.05) is 25.3 Å². The highest BCUT2D eigenvalue weighted by Crippen LogP contribution is 2.18. The molecule has 4 atom stereocenters. The van der Waals surface area contributed by atoms with E-state index in [0.717, 1.165) is 6.08 Å². The van der Waals surface area contributed by atoms with Crippen molar-refractivity contribution in [3.05, 3.63) is 24.3 Å². The molecule has 0 spiro atoms. The molecule has 0 aromatic heterocycles. The molecule has 144 valence electrons. The predicted molar refractivity (Wildman–Crippen MR) is 93.0 cm³/mol. The lowest BCUT2D eigenvalue weighted by Gasteiger charge is -2.21. The molecule has 0 amide bonds. The van der Waals surface area contributed by atoms with E-state index in [9.17, 15) is 24.3 Å². The fraction of sp³-hybridized carbons (Fsp3) is 0.579. The molecule has 7 heteroatoms. The summed E-state index contributed by atoms with van der Waals surface area (Å²) < 4.78 is 10.3. The summed E-state index contributed by atoms with van der Waals surface area (Å²) in [4.78, 5) is 48.0. The molecular formula is C19H26O7. The zero-order valence-corrected chi connectivity index (χ0v) is 15.3. The van der Waals surface area contributed by atoms with Gasteiger partial charge in [-0.2, -0.15) is 0 Å². The number of esters is 2. The molecular weight excluding hydrogens is 340 g/mol. The van der Waals surface area contributed by atoms with E-state index in [0.29, 0.717) is 6.42 Å². The van der Waals surface area contributed by atoms with Crippen LogP contribution in [0.1, 0.15) is 46.5 Å². The van der Waals surface area contributed by atoms with Crippen LogP contribution >= 0.6 is 0 Å². The Morgan fingerprint density at radius 3 is 2.62 bits per heavy atom. The summed E-state index contributed by atoms with van der Waals surface area (Å²) in [5.41, 5.74) is 0. The van der Waals surface area contributed by atoms with Gasteiger partial charge in [-0.1, -0.05) is 6.08 Å². The van der Waals surface area contributed by atoms with Crippen LogP contribution in [0.2, 0.25) is 0 Å². The monoisotopic (exact) mass is 366 g/mol. The molecule has 1 aliphatic heterocycles. The largest absolute Gasteiger partial charge is 0.460 e. The Bertz CT molecular complexity index is 591. The van der Waals surface area contributed by atoms with Crippen molar-refractivity contribution in [3.63, 3.8) is 0 Å². The minimum Gasteiger partial charge on any atom is -0.460 e.